The molecule has 0 N–H and O–H groups in total. The molecular weight excluding hydrogens is 575 g/mol. The third-order valence-corrected chi connectivity index (χ3v) is 8.53. The minimum absolute atomic E-state index is 0.326. The lowest BCUT2D eigenvalue weighted by molar-refractivity contribution is -0.131. The minimum atomic E-state index is 0.326. The lowest BCUT2D eigenvalue weighted by Gasteiger charge is -2.06. The first kappa shape index (κ1) is 42.9. The molecule has 0 aliphatic rings. The maximum Gasteiger partial charge on any atom is 0.149 e. The van der Waals surface area contributed by atoms with E-state index in [1.807, 2.05) is 0 Å². The van der Waals surface area contributed by atoms with Crippen LogP contribution in [0.15, 0.2) is 24.3 Å². The third-order valence-electron chi connectivity index (χ3n) is 7.99. The number of ether oxygens (including phenoxy) is 3. The summed E-state index contributed by atoms with van der Waals surface area (Å²) in [5, 5.41) is 0. The summed E-state index contributed by atoms with van der Waals surface area (Å²) in [7, 11) is 0. The first-order valence-corrected chi connectivity index (χ1v) is 19.6. The average molecular weight is 648 g/mol. The minimum Gasteiger partial charge on any atom is -0.355 e. The molecule has 0 saturated heterocycles. The predicted molar refractivity (Wildman–Crippen MR) is 192 cm³/mol. The summed E-state index contributed by atoms with van der Waals surface area (Å²) in [6.07, 6.45) is 46.0. The highest BCUT2D eigenvalue weighted by Crippen LogP contribution is 2.14. The van der Waals surface area contributed by atoms with Crippen molar-refractivity contribution in [3.63, 3.8) is 0 Å². The van der Waals surface area contributed by atoms with Crippen molar-refractivity contribution in [2.24, 2.45) is 0 Å². The van der Waals surface area contributed by atoms with Gasteiger partial charge in [-0.2, -0.15) is 0 Å². The monoisotopic (exact) mass is 646 g/mol. The Kier molecular flexibility index (Phi) is 41.9. The molecule has 0 aromatic rings. The second-order valence-corrected chi connectivity index (χ2v) is 13.0. The molecule has 0 aliphatic heterocycles. The van der Waals surface area contributed by atoms with Crippen molar-refractivity contribution in [2.75, 3.05) is 38.6 Å². The summed E-state index contributed by atoms with van der Waals surface area (Å²) < 4.78 is 16.5. The van der Waals surface area contributed by atoms with Crippen molar-refractivity contribution >= 4 is 23.2 Å². The summed E-state index contributed by atoms with van der Waals surface area (Å²) in [6.45, 7) is 2.15. The summed E-state index contributed by atoms with van der Waals surface area (Å²) >= 11 is 11.4. The maximum atomic E-state index is 5.72. The van der Waals surface area contributed by atoms with Gasteiger partial charge in [0.15, 0.2) is 0 Å². The molecule has 0 bridgehead atoms. The Bertz CT molecular complexity index is 495. The van der Waals surface area contributed by atoms with Crippen LogP contribution >= 0.6 is 23.2 Å². The third kappa shape index (κ3) is 41.9. The molecule has 0 saturated carbocycles. The Labute approximate surface area is 279 Å². The van der Waals surface area contributed by atoms with Crippen molar-refractivity contribution in [1.82, 2.24) is 0 Å². The van der Waals surface area contributed by atoms with Crippen LogP contribution in [-0.4, -0.2) is 38.6 Å². The van der Waals surface area contributed by atoms with E-state index in [1.54, 1.807) is 0 Å². The lowest BCUT2D eigenvalue weighted by Crippen LogP contribution is -2.06. The molecule has 0 rings (SSSR count). The quantitative estimate of drug-likeness (QED) is 0.0289. The van der Waals surface area contributed by atoms with Crippen LogP contribution in [0.4, 0.5) is 0 Å². The topological polar surface area (TPSA) is 27.7 Å². The van der Waals surface area contributed by atoms with Crippen molar-refractivity contribution < 1.29 is 14.2 Å². The molecule has 43 heavy (non-hydrogen) atoms. The zero-order valence-electron chi connectivity index (χ0n) is 28.3. The highest BCUT2D eigenvalue weighted by molar-refractivity contribution is 6.18. The average Bonchev–Trinajstić information content (AvgIpc) is 3.02. The van der Waals surface area contributed by atoms with Crippen molar-refractivity contribution in [3.8, 4) is 0 Å². The van der Waals surface area contributed by atoms with E-state index in [9.17, 15) is 0 Å². The smallest absolute Gasteiger partial charge is 0.149 e. The van der Waals surface area contributed by atoms with Gasteiger partial charge in [-0.25, -0.2) is 0 Å². The summed E-state index contributed by atoms with van der Waals surface area (Å²) in [5.41, 5.74) is 0. The number of halogens is 2. The highest BCUT2D eigenvalue weighted by Gasteiger charge is 1.95. The van der Waals surface area contributed by atoms with Gasteiger partial charge in [0, 0.05) is 25.0 Å². The number of rotatable bonds is 38. The zero-order chi connectivity index (χ0) is 31.0. The van der Waals surface area contributed by atoms with Crippen LogP contribution in [-0.2, 0) is 14.2 Å². The van der Waals surface area contributed by atoms with Gasteiger partial charge in [0.05, 0.1) is 0 Å². The predicted octanol–water partition coefficient (Wildman–Crippen LogP) is 13.5. The van der Waals surface area contributed by atoms with E-state index in [0.29, 0.717) is 13.6 Å². The second-order valence-electron chi connectivity index (χ2n) is 12.2. The van der Waals surface area contributed by atoms with Gasteiger partial charge >= 0.3 is 0 Å². The fourth-order valence-corrected chi connectivity index (χ4v) is 5.62. The maximum absolute atomic E-state index is 5.72. The van der Waals surface area contributed by atoms with Gasteiger partial charge in [0.2, 0.25) is 0 Å². The molecule has 0 amide bonds. The van der Waals surface area contributed by atoms with Crippen LogP contribution in [0.3, 0.4) is 0 Å². The van der Waals surface area contributed by atoms with E-state index in [1.165, 1.54) is 154 Å². The number of alkyl halides is 2. The lowest BCUT2D eigenvalue weighted by atomic mass is 10.1. The van der Waals surface area contributed by atoms with Crippen LogP contribution in [0.1, 0.15) is 180 Å². The van der Waals surface area contributed by atoms with Crippen molar-refractivity contribution in [1.29, 1.82) is 0 Å². The molecule has 0 atom stereocenters. The number of unbranched alkanes of at least 4 members (excludes halogenated alkanes) is 24. The Balaban J connectivity index is 3.13. The largest absolute Gasteiger partial charge is 0.355 e. The van der Waals surface area contributed by atoms with E-state index < -0.39 is 0 Å². The number of hydrogen-bond donors (Lipinski definition) is 0. The Morgan fingerprint density at radius 3 is 0.837 bits per heavy atom. The Morgan fingerprint density at radius 2 is 0.535 bits per heavy atom. The molecular formula is C38H72Cl2O3. The Hall–Kier alpha value is -0.0600. The summed E-state index contributed by atoms with van der Waals surface area (Å²) in [6, 6.07) is 0. The fourth-order valence-electron chi connectivity index (χ4n) is 5.24. The standard InChI is InChI=1S/C38H72Cl2O3/c39-33-29-25-21-17-13-9-5-1-3-7-11-15-19-23-27-31-35-41-37-43-38-42-36-32-28-24-20-16-12-8-4-2-6-10-14-18-22-26-30-34-40/h19-20,23-24H,1-18,21-22,25-38H2. The van der Waals surface area contributed by atoms with E-state index in [0.717, 1.165) is 50.7 Å². The van der Waals surface area contributed by atoms with Gasteiger partial charge in [0.25, 0.3) is 0 Å². The highest BCUT2D eigenvalue weighted by atomic mass is 35.5. The van der Waals surface area contributed by atoms with Crippen LogP contribution in [0.5, 0.6) is 0 Å². The number of allylic oxidation sites excluding steroid dienone is 4. The zero-order valence-corrected chi connectivity index (χ0v) is 29.8. The molecule has 0 aromatic heterocycles. The molecule has 5 heteroatoms. The Morgan fingerprint density at radius 1 is 0.279 bits per heavy atom. The van der Waals surface area contributed by atoms with Crippen LogP contribution in [0, 0.1) is 0 Å². The molecule has 0 spiro atoms. The van der Waals surface area contributed by atoms with Gasteiger partial charge in [-0.15, -0.1) is 23.2 Å². The number of hydrogen-bond acceptors (Lipinski definition) is 3. The van der Waals surface area contributed by atoms with Gasteiger partial charge in [-0.05, 0) is 64.2 Å². The molecule has 0 aliphatic carbocycles. The summed E-state index contributed by atoms with van der Waals surface area (Å²) in [5.74, 6) is 1.65. The van der Waals surface area contributed by atoms with Gasteiger partial charge < -0.3 is 14.2 Å². The van der Waals surface area contributed by atoms with Gasteiger partial charge in [-0.1, -0.05) is 140 Å². The first-order chi connectivity index (χ1) is 21.4. The van der Waals surface area contributed by atoms with Crippen LogP contribution in [0.2, 0.25) is 0 Å². The van der Waals surface area contributed by atoms with Gasteiger partial charge in [-0.3, -0.25) is 0 Å². The second kappa shape index (κ2) is 41.9. The van der Waals surface area contributed by atoms with E-state index >= 15 is 0 Å². The molecule has 256 valence electrons. The van der Waals surface area contributed by atoms with Crippen molar-refractivity contribution in [3.05, 3.63) is 24.3 Å². The normalized spacial score (nSPS) is 12.0. The molecule has 0 radical (unpaired) electrons. The van der Waals surface area contributed by atoms with E-state index in [-0.39, 0.29) is 0 Å². The van der Waals surface area contributed by atoms with Crippen LogP contribution < -0.4 is 0 Å². The fraction of sp³-hybridized carbons (Fsp3) is 0.895. The molecule has 0 heterocycles. The molecule has 3 nitrogen and oxygen atoms in total. The molecule has 0 aromatic carbocycles. The van der Waals surface area contributed by atoms with Crippen molar-refractivity contribution in [2.45, 2.75) is 180 Å². The van der Waals surface area contributed by atoms with E-state index in [2.05, 4.69) is 24.3 Å². The van der Waals surface area contributed by atoms with Crippen LogP contribution in [0.25, 0.3) is 0 Å². The molecule has 0 unspecified atom stereocenters. The first-order valence-electron chi connectivity index (χ1n) is 18.6. The summed E-state index contributed by atoms with van der Waals surface area (Å²) in [4.78, 5) is 0. The van der Waals surface area contributed by atoms with Gasteiger partial charge in [0.1, 0.15) is 13.6 Å². The molecule has 0 fully saturated rings. The SMILES string of the molecule is ClCCCCCCCCCCCCCC=CCCCOCOCOCCCC=CCCCCCCCCCCCCCCl. The van der Waals surface area contributed by atoms with E-state index in [4.69, 9.17) is 37.4 Å².